The number of halogens is 7. The van der Waals surface area contributed by atoms with E-state index in [9.17, 15) is 22.0 Å². The molecule has 0 aliphatic heterocycles. The van der Waals surface area contributed by atoms with Gasteiger partial charge in [-0.25, -0.2) is 8.78 Å². The lowest BCUT2D eigenvalue weighted by atomic mass is 10.0. The fourth-order valence-corrected chi connectivity index (χ4v) is 1.37. The number of nitrogens with two attached hydrogens (primary N) is 1. The van der Waals surface area contributed by atoms with Crippen LogP contribution in [0.1, 0.15) is 11.6 Å². The van der Waals surface area contributed by atoms with Crippen molar-refractivity contribution in [1.29, 1.82) is 0 Å². The summed E-state index contributed by atoms with van der Waals surface area (Å²) in [6.45, 7) is 0. The molecule has 0 heterocycles. The summed E-state index contributed by atoms with van der Waals surface area (Å²) < 4.78 is 62.9. The van der Waals surface area contributed by atoms with Gasteiger partial charge in [0.05, 0.1) is 11.1 Å². The maximum absolute atomic E-state index is 13.3. The first kappa shape index (κ1) is 17.4. The van der Waals surface area contributed by atoms with E-state index in [0.29, 0.717) is 6.07 Å². The van der Waals surface area contributed by atoms with Crippen LogP contribution in [0, 0.1) is 11.6 Å². The minimum Gasteiger partial charge on any atom is -0.382 e. The lowest BCUT2D eigenvalue weighted by Gasteiger charge is -2.22. The summed E-state index contributed by atoms with van der Waals surface area (Å²) in [5.41, 5.74) is 3.89. The highest BCUT2D eigenvalue weighted by Crippen LogP contribution is 2.32. The van der Waals surface area contributed by atoms with Gasteiger partial charge in [0.2, 0.25) is 0 Å². The van der Waals surface area contributed by atoms with E-state index in [1.54, 1.807) is 0 Å². The summed E-state index contributed by atoms with van der Waals surface area (Å²) in [5, 5.41) is 8.24. The van der Waals surface area contributed by atoms with Crippen molar-refractivity contribution in [2.24, 2.45) is 5.73 Å². The molecule has 18 heavy (non-hydrogen) atoms. The first-order valence-electron chi connectivity index (χ1n) is 4.30. The van der Waals surface area contributed by atoms with Gasteiger partial charge >= 0.3 is 6.18 Å². The smallest absolute Gasteiger partial charge is 0.382 e. The van der Waals surface area contributed by atoms with Gasteiger partial charge in [0.1, 0.15) is 11.6 Å². The zero-order valence-electron chi connectivity index (χ0n) is 8.51. The number of hydrogen-bond donors (Lipinski definition) is 2. The van der Waals surface area contributed by atoms with Gasteiger partial charge < -0.3 is 10.8 Å². The molecule has 2 atom stereocenters. The Morgan fingerprint density at radius 3 is 2.17 bits per heavy atom. The van der Waals surface area contributed by atoms with Crippen molar-refractivity contribution in [3.05, 3.63) is 34.4 Å². The van der Waals surface area contributed by atoms with Crippen molar-refractivity contribution < 1.29 is 27.1 Å². The third-order valence-corrected chi connectivity index (χ3v) is 2.38. The topological polar surface area (TPSA) is 46.2 Å². The first-order chi connectivity index (χ1) is 7.66. The van der Waals surface area contributed by atoms with E-state index in [4.69, 9.17) is 22.4 Å². The van der Waals surface area contributed by atoms with Gasteiger partial charge in [-0.3, -0.25) is 0 Å². The van der Waals surface area contributed by atoms with Gasteiger partial charge in [-0.1, -0.05) is 11.6 Å². The quantitative estimate of drug-likeness (QED) is 0.651. The van der Waals surface area contributed by atoms with Gasteiger partial charge in [0, 0.05) is 5.56 Å². The highest BCUT2D eigenvalue weighted by Gasteiger charge is 2.44. The van der Waals surface area contributed by atoms with Gasteiger partial charge in [-0.2, -0.15) is 13.2 Å². The summed E-state index contributed by atoms with van der Waals surface area (Å²) in [5.74, 6) is -2.72. The average molecular weight is 312 g/mol. The van der Waals surface area contributed by atoms with Crippen LogP contribution < -0.4 is 5.73 Å². The number of alkyl halides is 3. The Morgan fingerprint density at radius 2 is 1.72 bits per heavy atom. The molecule has 0 radical (unpaired) electrons. The molecule has 1 aromatic rings. The normalized spacial score (nSPS) is 14.9. The molecule has 0 unspecified atom stereocenters. The maximum Gasteiger partial charge on any atom is 0.416 e. The predicted molar refractivity (Wildman–Crippen MR) is 57.6 cm³/mol. The fraction of sp³-hybridized carbons (Fsp3) is 0.333. The second-order valence-corrected chi connectivity index (χ2v) is 3.68. The Bertz CT molecular complexity index is 426. The van der Waals surface area contributed by atoms with E-state index in [-0.39, 0.29) is 12.4 Å². The maximum atomic E-state index is 13.3. The molecule has 0 saturated heterocycles. The monoisotopic (exact) mass is 311 g/mol. The van der Waals surface area contributed by atoms with E-state index in [1.807, 2.05) is 0 Å². The fourth-order valence-electron chi connectivity index (χ4n) is 1.21. The van der Waals surface area contributed by atoms with Crippen molar-refractivity contribution in [2.75, 3.05) is 0 Å². The Morgan fingerprint density at radius 1 is 1.22 bits per heavy atom. The van der Waals surface area contributed by atoms with Crippen molar-refractivity contribution >= 4 is 24.0 Å². The van der Waals surface area contributed by atoms with Crippen molar-refractivity contribution in [2.45, 2.75) is 18.3 Å². The molecule has 0 fully saturated rings. The van der Waals surface area contributed by atoms with E-state index in [1.165, 1.54) is 0 Å². The number of rotatable bonds is 2. The molecule has 1 aromatic carbocycles. The standard InChI is InChI=1S/C9H7ClF5NO.ClH/c10-3-1-2-4(11)5(6(3)12)7(16)8(17)9(13,14)15;/h1-2,7-8,17H,16H2;1H/t7-,8-;/m0./s1. The van der Waals surface area contributed by atoms with Crippen molar-refractivity contribution in [1.82, 2.24) is 0 Å². The van der Waals surface area contributed by atoms with Crippen molar-refractivity contribution in [3.63, 3.8) is 0 Å². The van der Waals surface area contributed by atoms with E-state index < -0.39 is 40.5 Å². The van der Waals surface area contributed by atoms with Crippen LogP contribution in [-0.4, -0.2) is 17.4 Å². The second-order valence-electron chi connectivity index (χ2n) is 3.27. The first-order valence-corrected chi connectivity index (χ1v) is 4.67. The van der Waals surface area contributed by atoms with Gasteiger partial charge in [-0.05, 0) is 12.1 Å². The molecule has 0 amide bonds. The molecule has 0 saturated carbocycles. The third kappa shape index (κ3) is 3.44. The summed E-state index contributed by atoms with van der Waals surface area (Å²) in [6, 6.07) is -0.778. The lowest BCUT2D eigenvalue weighted by Crippen LogP contribution is -2.39. The number of hydrogen-bond acceptors (Lipinski definition) is 2. The zero-order valence-corrected chi connectivity index (χ0v) is 10.1. The molecular weight excluding hydrogens is 304 g/mol. The molecule has 3 N–H and O–H groups in total. The van der Waals surface area contributed by atoms with Crippen LogP contribution in [0.3, 0.4) is 0 Å². The Balaban J connectivity index is 0.00000289. The van der Waals surface area contributed by atoms with Crippen molar-refractivity contribution in [3.8, 4) is 0 Å². The predicted octanol–water partition coefficient (Wildman–Crippen LogP) is 2.96. The summed E-state index contributed by atoms with van der Waals surface area (Å²) in [7, 11) is 0. The van der Waals surface area contributed by atoms with Crippen LogP contribution in [0.5, 0.6) is 0 Å². The van der Waals surface area contributed by atoms with Crippen LogP contribution in [0.25, 0.3) is 0 Å². The van der Waals surface area contributed by atoms with E-state index >= 15 is 0 Å². The van der Waals surface area contributed by atoms with E-state index in [2.05, 4.69) is 0 Å². The largest absolute Gasteiger partial charge is 0.416 e. The Labute approximate surface area is 110 Å². The molecule has 2 nitrogen and oxygen atoms in total. The van der Waals surface area contributed by atoms with Crippen LogP contribution in [0.15, 0.2) is 12.1 Å². The van der Waals surface area contributed by atoms with Gasteiger partial charge in [0.15, 0.2) is 6.10 Å². The SMILES string of the molecule is Cl.N[C@@H](c1c(F)ccc(Cl)c1F)[C@H](O)C(F)(F)F. The number of aliphatic hydroxyl groups is 1. The third-order valence-electron chi connectivity index (χ3n) is 2.09. The molecule has 104 valence electrons. The molecule has 0 aliphatic carbocycles. The number of aliphatic hydroxyl groups excluding tert-OH is 1. The highest BCUT2D eigenvalue weighted by atomic mass is 35.5. The molecule has 9 heteroatoms. The molecule has 1 rings (SSSR count). The van der Waals surface area contributed by atoms with Crippen LogP contribution in [0.4, 0.5) is 22.0 Å². The highest BCUT2D eigenvalue weighted by molar-refractivity contribution is 6.30. The second kappa shape index (κ2) is 6.01. The Hall–Kier alpha value is -0.630. The lowest BCUT2D eigenvalue weighted by molar-refractivity contribution is -0.210. The van der Waals surface area contributed by atoms with Gasteiger partial charge in [-0.15, -0.1) is 12.4 Å². The molecule has 0 aromatic heterocycles. The minimum absolute atomic E-state index is 0. The molecular formula is C9H8Cl2F5NO. The number of benzene rings is 1. The zero-order chi connectivity index (χ0) is 13.4. The van der Waals surface area contributed by atoms with Crippen LogP contribution >= 0.6 is 24.0 Å². The van der Waals surface area contributed by atoms with Gasteiger partial charge in [0.25, 0.3) is 0 Å². The summed E-state index contributed by atoms with van der Waals surface area (Å²) in [6.07, 6.45) is -8.16. The Kier molecular flexibility index (Phi) is 5.80. The summed E-state index contributed by atoms with van der Waals surface area (Å²) in [4.78, 5) is 0. The molecule has 0 spiro atoms. The van der Waals surface area contributed by atoms with E-state index in [0.717, 1.165) is 6.07 Å². The molecule has 0 aliphatic rings. The summed E-state index contributed by atoms with van der Waals surface area (Å²) >= 11 is 5.29. The van der Waals surface area contributed by atoms with Crippen LogP contribution in [-0.2, 0) is 0 Å². The van der Waals surface area contributed by atoms with Crippen LogP contribution in [0.2, 0.25) is 5.02 Å². The molecule has 0 bridgehead atoms. The average Bonchev–Trinajstić information content (AvgIpc) is 2.21. The minimum atomic E-state index is -5.08.